The maximum atomic E-state index is 11.5. The predicted octanol–water partition coefficient (Wildman–Crippen LogP) is 2.40. The topological polar surface area (TPSA) is 67.4 Å². The molecule has 1 rings (SSSR count). The van der Waals surface area contributed by atoms with Gasteiger partial charge in [-0.3, -0.25) is 9.59 Å². The van der Waals surface area contributed by atoms with Gasteiger partial charge in [-0.1, -0.05) is 29.3 Å². The first-order valence-electron chi connectivity index (χ1n) is 6.64. The molecule has 0 aliphatic heterocycles. The maximum absolute atomic E-state index is 11.5. The molecule has 0 spiro atoms. The summed E-state index contributed by atoms with van der Waals surface area (Å²) in [6, 6.07) is 5.12. The van der Waals surface area contributed by atoms with Gasteiger partial charge in [0.15, 0.2) is 0 Å². The second-order valence-electron chi connectivity index (χ2n) is 4.23. The van der Waals surface area contributed by atoms with E-state index in [4.69, 9.17) is 27.9 Å². The van der Waals surface area contributed by atoms with Gasteiger partial charge in [-0.05, 0) is 25.5 Å². The van der Waals surface area contributed by atoms with Gasteiger partial charge in [-0.2, -0.15) is 0 Å². The van der Waals surface area contributed by atoms with Crippen LogP contribution in [-0.4, -0.2) is 31.5 Å². The van der Waals surface area contributed by atoms with E-state index in [0.717, 1.165) is 0 Å². The molecule has 7 heteroatoms. The number of amides is 2. The highest BCUT2D eigenvalue weighted by molar-refractivity contribution is 6.42. The number of benzene rings is 1. The zero-order valence-corrected chi connectivity index (χ0v) is 13.3. The average molecular weight is 333 g/mol. The third-order valence-corrected chi connectivity index (χ3v) is 3.34. The number of carbonyl (C=O) groups is 2. The number of hydrogen-bond acceptors (Lipinski definition) is 3. The van der Waals surface area contributed by atoms with Gasteiger partial charge in [0, 0.05) is 13.0 Å². The summed E-state index contributed by atoms with van der Waals surface area (Å²) in [7, 11) is 0. The lowest BCUT2D eigenvalue weighted by Gasteiger charge is -2.09. The van der Waals surface area contributed by atoms with Gasteiger partial charge in [0.25, 0.3) is 0 Å². The highest BCUT2D eigenvalue weighted by Gasteiger charge is 2.07. The SMILES string of the molecule is CCNC(=O)CNC(=O)CCCOc1cccc(Cl)c1Cl. The summed E-state index contributed by atoms with van der Waals surface area (Å²) < 4.78 is 5.46. The average Bonchev–Trinajstić information content (AvgIpc) is 2.46. The van der Waals surface area contributed by atoms with Gasteiger partial charge in [0.1, 0.15) is 10.8 Å². The first-order valence-corrected chi connectivity index (χ1v) is 7.40. The highest BCUT2D eigenvalue weighted by atomic mass is 35.5. The molecule has 21 heavy (non-hydrogen) atoms. The number of halogens is 2. The number of hydrogen-bond donors (Lipinski definition) is 2. The van der Waals surface area contributed by atoms with Crippen LogP contribution in [0.25, 0.3) is 0 Å². The molecule has 5 nitrogen and oxygen atoms in total. The Balaban J connectivity index is 2.20. The first kappa shape index (κ1) is 17.6. The Labute approximate surface area is 133 Å². The lowest BCUT2D eigenvalue weighted by molar-refractivity contribution is -0.126. The minimum absolute atomic E-state index is 0.00630. The van der Waals surface area contributed by atoms with Crippen molar-refractivity contribution in [3.05, 3.63) is 28.2 Å². The van der Waals surface area contributed by atoms with Crippen LogP contribution in [0.15, 0.2) is 18.2 Å². The van der Waals surface area contributed by atoms with E-state index in [1.807, 2.05) is 6.92 Å². The summed E-state index contributed by atoms with van der Waals surface area (Å²) in [4.78, 5) is 22.6. The third kappa shape index (κ3) is 6.69. The Kier molecular flexibility index (Phi) is 7.93. The third-order valence-electron chi connectivity index (χ3n) is 2.54. The minimum atomic E-state index is -0.201. The smallest absolute Gasteiger partial charge is 0.239 e. The lowest BCUT2D eigenvalue weighted by atomic mass is 10.3. The molecular weight excluding hydrogens is 315 g/mol. The van der Waals surface area contributed by atoms with Crippen molar-refractivity contribution < 1.29 is 14.3 Å². The normalized spacial score (nSPS) is 10.0. The second kappa shape index (κ2) is 9.47. The molecule has 2 amide bonds. The monoisotopic (exact) mass is 332 g/mol. The van der Waals surface area contributed by atoms with Gasteiger partial charge >= 0.3 is 0 Å². The van der Waals surface area contributed by atoms with Gasteiger partial charge in [-0.15, -0.1) is 0 Å². The molecule has 0 saturated carbocycles. The van der Waals surface area contributed by atoms with E-state index in [1.165, 1.54) is 0 Å². The van der Waals surface area contributed by atoms with Crippen molar-refractivity contribution in [3.8, 4) is 5.75 Å². The van der Waals surface area contributed by atoms with Crippen LogP contribution in [0, 0.1) is 0 Å². The Morgan fingerprint density at radius 2 is 1.95 bits per heavy atom. The maximum Gasteiger partial charge on any atom is 0.239 e. The fraction of sp³-hybridized carbons (Fsp3) is 0.429. The number of rotatable bonds is 8. The van der Waals surface area contributed by atoms with E-state index in [-0.39, 0.29) is 24.8 Å². The van der Waals surface area contributed by atoms with Crippen molar-refractivity contribution in [3.63, 3.8) is 0 Å². The van der Waals surface area contributed by atoms with E-state index in [1.54, 1.807) is 18.2 Å². The number of carbonyl (C=O) groups excluding carboxylic acids is 2. The van der Waals surface area contributed by atoms with E-state index in [9.17, 15) is 9.59 Å². The summed E-state index contributed by atoms with van der Waals surface area (Å²) in [5.74, 6) is 0.0988. The molecule has 0 fully saturated rings. The Hall–Kier alpha value is -1.46. The van der Waals surface area contributed by atoms with E-state index in [2.05, 4.69) is 10.6 Å². The molecule has 1 aromatic rings. The first-order chi connectivity index (χ1) is 10.0. The zero-order valence-electron chi connectivity index (χ0n) is 11.7. The van der Waals surface area contributed by atoms with Crippen LogP contribution >= 0.6 is 23.2 Å². The van der Waals surface area contributed by atoms with Crippen molar-refractivity contribution in [1.82, 2.24) is 10.6 Å². The molecule has 1 aromatic carbocycles. The standard InChI is InChI=1S/C14H18Cl2N2O3/c1-2-17-13(20)9-18-12(19)7-4-8-21-11-6-3-5-10(15)14(11)16/h3,5-6H,2,4,7-9H2,1H3,(H,17,20)(H,18,19). The Bertz CT molecular complexity index is 495. The van der Waals surface area contributed by atoms with Crippen LogP contribution in [0.1, 0.15) is 19.8 Å². The lowest BCUT2D eigenvalue weighted by Crippen LogP contribution is -2.36. The molecule has 0 aliphatic rings. The minimum Gasteiger partial charge on any atom is -0.492 e. The second-order valence-corrected chi connectivity index (χ2v) is 5.02. The van der Waals surface area contributed by atoms with Crippen molar-refractivity contribution in [1.29, 1.82) is 0 Å². The van der Waals surface area contributed by atoms with Crippen LogP contribution in [0.4, 0.5) is 0 Å². The van der Waals surface area contributed by atoms with Crippen LogP contribution in [0.2, 0.25) is 10.0 Å². The zero-order chi connectivity index (χ0) is 15.7. The number of likely N-dealkylation sites (N-methyl/N-ethyl adjacent to an activating group) is 1. The van der Waals surface area contributed by atoms with Gasteiger partial charge in [0.2, 0.25) is 11.8 Å². The Morgan fingerprint density at radius 1 is 1.19 bits per heavy atom. The van der Waals surface area contributed by atoms with E-state index < -0.39 is 0 Å². The molecular formula is C14H18Cl2N2O3. The fourth-order valence-electron chi connectivity index (χ4n) is 1.54. The Morgan fingerprint density at radius 3 is 2.67 bits per heavy atom. The summed E-state index contributed by atoms with van der Waals surface area (Å²) >= 11 is 11.8. The van der Waals surface area contributed by atoms with Crippen LogP contribution in [0.5, 0.6) is 5.75 Å². The van der Waals surface area contributed by atoms with Gasteiger partial charge in [-0.25, -0.2) is 0 Å². The molecule has 116 valence electrons. The summed E-state index contributed by atoms with van der Waals surface area (Å²) in [5, 5.41) is 5.91. The van der Waals surface area contributed by atoms with Crippen molar-refractivity contribution in [2.75, 3.05) is 19.7 Å². The predicted molar refractivity (Wildman–Crippen MR) is 82.9 cm³/mol. The summed E-state index contributed by atoms with van der Waals surface area (Å²) in [6.07, 6.45) is 0.793. The quantitative estimate of drug-likeness (QED) is 0.718. The molecule has 0 bridgehead atoms. The molecule has 0 unspecified atom stereocenters. The van der Waals surface area contributed by atoms with Crippen molar-refractivity contribution in [2.24, 2.45) is 0 Å². The van der Waals surface area contributed by atoms with E-state index >= 15 is 0 Å². The van der Waals surface area contributed by atoms with Gasteiger partial charge < -0.3 is 15.4 Å². The number of nitrogens with one attached hydrogen (secondary N) is 2. The molecule has 2 N–H and O–H groups in total. The highest BCUT2D eigenvalue weighted by Crippen LogP contribution is 2.31. The fourth-order valence-corrected chi connectivity index (χ4v) is 1.88. The van der Waals surface area contributed by atoms with Crippen LogP contribution in [0.3, 0.4) is 0 Å². The molecule has 0 heterocycles. The molecule has 0 saturated heterocycles. The molecule has 0 aromatic heterocycles. The summed E-state index contributed by atoms with van der Waals surface area (Å²) in [5.41, 5.74) is 0. The van der Waals surface area contributed by atoms with Gasteiger partial charge in [0.05, 0.1) is 18.2 Å². The van der Waals surface area contributed by atoms with Crippen LogP contribution < -0.4 is 15.4 Å². The van der Waals surface area contributed by atoms with Crippen molar-refractivity contribution >= 4 is 35.0 Å². The molecule has 0 aliphatic carbocycles. The molecule has 0 radical (unpaired) electrons. The largest absolute Gasteiger partial charge is 0.492 e. The van der Waals surface area contributed by atoms with E-state index in [0.29, 0.717) is 35.4 Å². The number of ether oxygens (including phenoxy) is 1. The molecule has 0 atom stereocenters. The summed E-state index contributed by atoms with van der Waals surface area (Å²) in [6.45, 7) is 2.70. The van der Waals surface area contributed by atoms with Crippen molar-refractivity contribution in [2.45, 2.75) is 19.8 Å². The van der Waals surface area contributed by atoms with Crippen LogP contribution in [-0.2, 0) is 9.59 Å².